The summed E-state index contributed by atoms with van der Waals surface area (Å²) < 4.78 is 14.4. The number of hydrogen-bond donors (Lipinski definition) is 0. The standard InChI is InChI=1S/C19H21FN2O2/c1-21-13-16(4-7-18(21)23)19(24)22-10-8-15(9-11-22)12-14-2-5-17(20)6-3-14/h2-7,13,15H,8-12H2,1H3. The van der Waals surface area contributed by atoms with Gasteiger partial charge in [-0.25, -0.2) is 4.39 Å². The van der Waals surface area contributed by atoms with Crippen LogP contribution in [-0.2, 0) is 13.5 Å². The molecule has 1 saturated heterocycles. The summed E-state index contributed by atoms with van der Waals surface area (Å²) in [5.41, 5.74) is 1.57. The predicted molar refractivity (Wildman–Crippen MR) is 90.4 cm³/mol. The molecule has 1 aromatic carbocycles. The van der Waals surface area contributed by atoms with Crippen LogP contribution in [0.1, 0.15) is 28.8 Å². The van der Waals surface area contributed by atoms with Crippen molar-refractivity contribution in [3.8, 4) is 0 Å². The predicted octanol–water partition coefficient (Wildman–Crippen LogP) is 2.62. The number of likely N-dealkylation sites (tertiary alicyclic amines) is 1. The average molecular weight is 328 g/mol. The minimum Gasteiger partial charge on any atom is -0.339 e. The Kier molecular flexibility index (Phi) is 4.79. The molecule has 1 aliphatic heterocycles. The van der Waals surface area contributed by atoms with Crippen molar-refractivity contribution in [2.24, 2.45) is 13.0 Å². The lowest BCUT2D eigenvalue weighted by atomic mass is 9.90. The molecule has 1 amide bonds. The molecule has 2 aromatic rings. The lowest BCUT2D eigenvalue weighted by Gasteiger charge is -2.32. The summed E-state index contributed by atoms with van der Waals surface area (Å²) in [6.45, 7) is 1.43. The third kappa shape index (κ3) is 3.72. The number of rotatable bonds is 3. The minimum absolute atomic E-state index is 0.0224. The molecule has 0 N–H and O–H groups in total. The highest BCUT2D eigenvalue weighted by Gasteiger charge is 2.24. The first kappa shape index (κ1) is 16.4. The normalized spacial score (nSPS) is 15.5. The van der Waals surface area contributed by atoms with Gasteiger partial charge in [0.15, 0.2) is 0 Å². The van der Waals surface area contributed by atoms with E-state index < -0.39 is 0 Å². The van der Waals surface area contributed by atoms with E-state index >= 15 is 0 Å². The van der Waals surface area contributed by atoms with Crippen LogP contribution in [0.5, 0.6) is 0 Å². The van der Waals surface area contributed by atoms with Gasteiger partial charge < -0.3 is 9.47 Å². The van der Waals surface area contributed by atoms with Crippen LogP contribution in [0.4, 0.5) is 4.39 Å². The molecule has 0 unspecified atom stereocenters. The quantitative estimate of drug-likeness (QED) is 0.869. The molecule has 4 nitrogen and oxygen atoms in total. The molecule has 0 saturated carbocycles. The zero-order valence-corrected chi connectivity index (χ0v) is 13.7. The van der Waals surface area contributed by atoms with E-state index in [9.17, 15) is 14.0 Å². The highest BCUT2D eigenvalue weighted by Crippen LogP contribution is 2.23. The second-order valence-electron chi connectivity index (χ2n) is 6.43. The number of aromatic nitrogens is 1. The van der Waals surface area contributed by atoms with E-state index in [2.05, 4.69) is 0 Å². The van der Waals surface area contributed by atoms with Crippen LogP contribution >= 0.6 is 0 Å². The Labute approximate surface area is 140 Å². The maximum absolute atomic E-state index is 13.0. The number of carbonyl (C=O) groups excluding carboxylic acids is 1. The van der Waals surface area contributed by atoms with Gasteiger partial charge in [-0.3, -0.25) is 9.59 Å². The number of pyridine rings is 1. The van der Waals surface area contributed by atoms with E-state index in [0.29, 0.717) is 24.6 Å². The van der Waals surface area contributed by atoms with Crippen LogP contribution in [-0.4, -0.2) is 28.5 Å². The van der Waals surface area contributed by atoms with Crippen LogP contribution < -0.4 is 5.56 Å². The van der Waals surface area contributed by atoms with Gasteiger partial charge in [0.1, 0.15) is 5.82 Å². The van der Waals surface area contributed by atoms with Gasteiger partial charge in [0, 0.05) is 32.4 Å². The van der Waals surface area contributed by atoms with Gasteiger partial charge in [0.25, 0.3) is 5.91 Å². The highest BCUT2D eigenvalue weighted by molar-refractivity contribution is 5.93. The summed E-state index contributed by atoms with van der Waals surface area (Å²) in [6, 6.07) is 9.67. The molecule has 126 valence electrons. The van der Waals surface area contributed by atoms with Crippen molar-refractivity contribution in [1.82, 2.24) is 9.47 Å². The summed E-state index contributed by atoms with van der Waals surface area (Å²) in [4.78, 5) is 25.8. The van der Waals surface area contributed by atoms with Gasteiger partial charge in [-0.1, -0.05) is 12.1 Å². The summed E-state index contributed by atoms with van der Waals surface area (Å²) in [5, 5.41) is 0. The molecule has 1 aliphatic rings. The number of carbonyl (C=O) groups is 1. The maximum Gasteiger partial charge on any atom is 0.255 e. The molecule has 2 heterocycles. The first-order valence-electron chi connectivity index (χ1n) is 8.23. The molecule has 0 spiro atoms. The van der Waals surface area contributed by atoms with Crippen LogP contribution in [0.3, 0.4) is 0 Å². The van der Waals surface area contributed by atoms with Crippen molar-refractivity contribution < 1.29 is 9.18 Å². The van der Waals surface area contributed by atoms with Crippen LogP contribution in [0.15, 0.2) is 47.4 Å². The summed E-state index contributed by atoms with van der Waals surface area (Å²) in [6.07, 6.45) is 4.39. The summed E-state index contributed by atoms with van der Waals surface area (Å²) in [5.74, 6) is 0.280. The van der Waals surface area contributed by atoms with Gasteiger partial charge in [0.2, 0.25) is 5.56 Å². The molecule has 0 radical (unpaired) electrons. The molecule has 1 fully saturated rings. The monoisotopic (exact) mass is 328 g/mol. The van der Waals surface area contributed by atoms with E-state index in [1.165, 1.54) is 22.8 Å². The summed E-state index contributed by atoms with van der Waals surface area (Å²) in [7, 11) is 1.65. The number of aryl methyl sites for hydroxylation is 1. The Morgan fingerprint density at radius 1 is 1.12 bits per heavy atom. The SMILES string of the molecule is Cn1cc(C(=O)N2CCC(Cc3ccc(F)cc3)CC2)ccc1=O. The number of nitrogens with zero attached hydrogens (tertiary/aromatic N) is 2. The van der Waals surface area contributed by atoms with Gasteiger partial charge in [-0.2, -0.15) is 0 Å². The first-order chi connectivity index (χ1) is 11.5. The van der Waals surface area contributed by atoms with Crippen molar-refractivity contribution in [1.29, 1.82) is 0 Å². The van der Waals surface area contributed by atoms with E-state index in [1.54, 1.807) is 19.3 Å². The molecular weight excluding hydrogens is 307 g/mol. The number of amides is 1. The molecular formula is C19H21FN2O2. The number of halogens is 1. The minimum atomic E-state index is -0.212. The van der Waals surface area contributed by atoms with Gasteiger partial charge in [0.05, 0.1) is 5.56 Å². The maximum atomic E-state index is 13.0. The van der Waals surface area contributed by atoms with Crippen LogP contribution in [0, 0.1) is 11.7 Å². The third-order valence-electron chi connectivity index (χ3n) is 4.67. The van der Waals surface area contributed by atoms with Gasteiger partial charge in [-0.05, 0) is 48.9 Å². The topological polar surface area (TPSA) is 42.3 Å². The van der Waals surface area contributed by atoms with Crippen LogP contribution in [0.2, 0.25) is 0 Å². The van der Waals surface area contributed by atoms with Crippen LogP contribution in [0.25, 0.3) is 0 Å². The smallest absolute Gasteiger partial charge is 0.255 e. The lowest BCUT2D eigenvalue weighted by molar-refractivity contribution is 0.0689. The first-order valence-corrected chi connectivity index (χ1v) is 8.23. The molecule has 1 aromatic heterocycles. The summed E-state index contributed by atoms with van der Waals surface area (Å²) >= 11 is 0. The van der Waals surface area contributed by atoms with Gasteiger partial charge in [-0.15, -0.1) is 0 Å². The lowest BCUT2D eigenvalue weighted by Crippen LogP contribution is -2.39. The molecule has 0 aliphatic carbocycles. The van der Waals surface area contributed by atoms with Crippen molar-refractivity contribution in [3.05, 3.63) is 69.9 Å². The van der Waals surface area contributed by atoms with Crippen molar-refractivity contribution in [2.75, 3.05) is 13.1 Å². The van der Waals surface area contributed by atoms with E-state index in [0.717, 1.165) is 24.8 Å². The molecule has 0 bridgehead atoms. The Morgan fingerprint density at radius 2 is 1.79 bits per heavy atom. The third-order valence-corrected chi connectivity index (χ3v) is 4.67. The van der Waals surface area contributed by atoms with Crippen molar-refractivity contribution in [2.45, 2.75) is 19.3 Å². The average Bonchev–Trinajstić information content (AvgIpc) is 2.59. The Morgan fingerprint density at radius 3 is 2.42 bits per heavy atom. The highest BCUT2D eigenvalue weighted by atomic mass is 19.1. The largest absolute Gasteiger partial charge is 0.339 e. The molecule has 5 heteroatoms. The van der Waals surface area contributed by atoms with Gasteiger partial charge >= 0.3 is 0 Å². The molecule has 24 heavy (non-hydrogen) atoms. The Hall–Kier alpha value is -2.43. The van der Waals surface area contributed by atoms with E-state index in [-0.39, 0.29) is 17.3 Å². The zero-order valence-electron chi connectivity index (χ0n) is 13.7. The number of hydrogen-bond acceptors (Lipinski definition) is 2. The van der Waals surface area contributed by atoms with E-state index in [4.69, 9.17) is 0 Å². The molecule has 0 atom stereocenters. The Balaban J connectivity index is 1.58. The number of piperidine rings is 1. The fraction of sp³-hybridized carbons (Fsp3) is 0.368. The second-order valence-corrected chi connectivity index (χ2v) is 6.43. The molecule has 3 rings (SSSR count). The fourth-order valence-corrected chi connectivity index (χ4v) is 3.20. The second kappa shape index (κ2) is 6.99. The zero-order chi connectivity index (χ0) is 17.1. The van der Waals surface area contributed by atoms with Crippen molar-refractivity contribution in [3.63, 3.8) is 0 Å². The van der Waals surface area contributed by atoms with Crippen molar-refractivity contribution >= 4 is 5.91 Å². The van der Waals surface area contributed by atoms with E-state index in [1.807, 2.05) is 17.0 Å². The Bertz CT molecular complexity index is 775. The fourth-order valence-electron chi connectivity index (χ4n) is 3.20. The number of benzene rings is 1.